The van der Waals surface area contributed by atoms with Gasteiger partial charge in [0.2, 0.25) is 0 Å². The standard InChI is InChI=1S/C17H24N4O2S.HI/c1-3-13-7-8-14(24-13)12-21-17(18-4-2)20-10-9-19-16(22)15-6-5-11-23-15;/h5-8,11H,3-4,9-10,12H2,1-2H3,(H,19,22)(H2,18,20,21);1H. The fourth-order valence-corrected chi connectivity index (χ4v) is 2.93. The van der Waals surface area contributed by atoms with Crippen LogP contribution in [0.3, 0.4) is 0 Å². The van der Waals surface area contributed by atoms with Crippen LogP contribution in [0.4, 0.5) is 0 Å². The van der Waals surface area contributed by atoms with Crippen molar-refractivity contribution in [2.24, 2.45) is 4.99 Å². The summed E-state index contributed by atoms with van der Waals surface area (Å²) in [6.45, 7) is 6.69. The zero-order chi connectivity index (χ0) is 17.2. The summed E-state index contributed by atoms with van der Waals surface area (Å²) in [5, 5.41) is 9.20. The van der Waals surface area contributed by atoms with Crippen molar-refractivity contribution in [2.45, 2.75) is 26.8 Å². The van der Waals surface area contributed by atoms with Crippen molar-refractivity contribution in [2.75, 3.05) is 19.6 Å². The zero-order valence-corrected chi connectivity index (χ0v) is 17.6. The molecule has 0 atom stereocenters. The maximum Gasteiger partial charge on any atom is 0.287 e. The minimum atomic E-state index is -0.213. The van der Waals surface area contributed by atoms with Crippen LogP contribution in [-0.2, 0) is 13.0 Å². The SMILES string of the molecule is CCNC(=NCc1ccc(CC)s1)NCCNC(=O)c1ccco1.I. The number of aliphatic imine (C=N–C) groups is 1. The van der Waals surface area contributed by atoms with Crippen molar-refractivity contribution in [1.82, 2.24) is 16.0 Å². The Morgan fingerprint density at radius 1 is 1.12 bits per heavy atom. The molecule has 0 aliphatic carbocycles. The zero-order valence-electron chi connectivity index (χ0n) is 14.5. The van der Waals surface area contributed by atoms with Crippen LogP contribution < -0.4 is 16.0 Å². The Labute approximate surface area is 169 Å². The average molecular weight is 476 g/mol. The van der Waals surface area contributed by atoms with E-state index in [1.807, 2.05) is 6.92 Å². The van der Waals surface area contributed by atoms with Crippen molar-refractivity contribution in [1.29, 1.82) is 0 Å². The molecule has 2 rings (SSSR count). The third-order valence-corrected chi connectivity index (χ3v) is 4.47. The van der Waals surface area contributed by atoms with Crippen LogP contribution in [0, 0.1) is 0 Å². The van der Waals surface area contributed by atoms with Crippen LogP contribution in [0.15, 0.2) is 39.9 Å². The molecule has 0 aliphatic rings. The molecule has 2 heterocycles. The Morgan fingerprint density at radius 3 is 2.52 bits per heavy atom. The van der Waals surface area contributed by atoms with E-state index < -0.39 is 0 Å². The molecule has 1 amide bonds. The molecule has 0 spiro atoms. The first-order chi connectivity index (χ1) is 11.7. The van der Waals surface area contributed by atoms with Gasteiger partial charge < -0.3 is 20.4 Å². The molecule has 0 aliphatic heterocycles. The summed E-state index contributed by atoms with van der Waals surface area (Å²) >= 11 is 1.79. The Kier molecular flexibility index (Phi) is 10.2. The Bertz CT molecular complexity index is 655. The quantitative estimate of drug-likeness (QED) is 0.237. The number of nitrogens with one attached hydrogen (secondary N) is 3. The van der Waals surface area contributed by atoms with Crippen LogP contribution in [0.5, 0.6) is 0 Å². The molecule has 0 saturated carbocycles. The van der Waals surface area contributed by atoms with Gasteiger partial charge in [0.15, 0.2) is 11.7 Å². The lowest BCUT2D eigenvalue weighted by Crippen LogP contribution is -2.41. The van der Waals surface area contributed by atoms with Crippen LogP contribution >= 0.6 is 35.3 Å². The highest BCUT2D eigenvalue weighted by molar-refractivity contribution is 14.0. The largest absolute Gasteiger partial charge is 0.459 e. The first kappa shape index (κ1) is 21.5. The lowest BCUT2D eigenvalue weighted by atomic mass is 10.4. The van der Waals surface area contributed by atoms with E-state index in [0.717, 1.165) is 18.9 Å². The molecule has 3 N–H and O–H groups in total. The summed E-state index contributed by atoms with van der Waals surface area (Å²) in [5.41, 5.74) is 0. The molecule has 0 unspecified atom stereocenters. The van der Waals surface area contributed by atoms with Crippen LogP contribution in [0.1, 0.15) is 34.2 Å². The molecule has 138 valence electrons. The number of guanidine groups is 1. The van der Waals surface area contributed by atoms with Gasteiger partial charge >= 0.3 is 0 Å². The number of hydrogen-bond donors (Lipinski definition) is 3. The van der Waals surface area contributed by atoms with Crippen molar-refractivity contribution < 1.29 is 9.21 Å². The van der Waals surface area contributed by atoms with Crippen molar-refractivity contribution >= 4 is 47.2 Å². The lowest BCUT2D eigenvalue weighted by Gasteiger charge is -2.11. The molecule has 8 heteroatoms. The summed E-state index contributed by atoms with van der Waals surface area (Å²) in [4.78, 5) is 18.9. The van der Waals surface area contributed by atoms with E-state index >= 15 is 0 Å². The van der Waals surface area contributed by atoms with Gasteiger partial charge in [0.25, 0.3) is 5.91 Å². The number of carbonyl (C=O) groups is 1. The molecule has 0 saturated heterocycles. The number of nitrogens with zero attached hydrogens (tertiary/aromatic N) is 1. The van der Waals surface area contributed by atoms with Crippen molar-refractivity contribution in [3.05, 3.63) is 46.0 Å². The molecular weight excluding hydrogens is 451 g/mol. The lowest BCUT2D eigenvalue weighted by molar-refractivity contribution is 0.0926. The number of thiophene rings is 1. The Hall–Kier alpha value is -1.55. The van der Waals surface area contributed by atoms with E-state index in [9.17, 15) is 4.79 Å². The molecule has 2 aromatic rings. The van der Waals surface area contributed by atoms with Gasteiger partial charge in [-0.25, -0.2) is 4.99 Å². The summed E-state index contributed by atoms with van der Waals surface area (Å²) in [7, 11) is 0. The average Bonchev–Trinajstić information content (AvgIpc) is 3.27. The van der Waals surface area contributed by atoms with Gasteiger partial charge in [-0.05, 0) is 37.6 Å². The fraction of sp³-hybridized carbons (Fsp3) is 0.412. The molecule has 0 bridgehead atoms. The maximum absolute atomic E-state index is 11.7. The predicted molar refractivity (Wildman–Crippen MR) is 113 cm³/mol. The van der Waals surface area contributed by atoms with Crippen molar-refractivity contribution in [3.63, 3.8) is 0 Å². The van der Waals surface area contributed by atoms with Crippen molar-refractivity contribution in [3.8, 4) is 0 Å². The molecule has 0 fully saturated rings. The molecule has 0 radical (unpaired) electrons. The van der Waals surface area contributed by atoms with E-state index in [0.29, 0.717) is 25.4 Å². The number of hydrogen-bond acceptors (Lipinski definition) is 4. The highest BCUT2D eigenvalue weighted by Crippen LogP contribution is 2.17. The van der Waals surface area contributed by atoms with Gasteiger partial charge in [-0.1, -0.05) is 6.92 Å². The fourth-order valence-electron chi connectivity index (χ4n) is 2.05. The number of halogens is 1. The summed E-state index contributed by atoms with van der Waals surface area (Å²) < 4.78 is 5.04. The minimum absolute atomic E-state index is 0. The van der Waals surface area contributed by atoms with Gasteiger partial charge in [0.1, 0.15) is 0 Å². The summed E-state index contributed by atoms with van der Waals surface area (Å²) in [6.07, 6.45) is 2.54. The van der Waals surface area contributed by atoms with E-state index in [1.54, 1.807) is 23.5 Å². The number of amides is 1. The Balaban J connectivity index is 0.00000312. The molecule has 2 aromatic heterocycles. The third kappa shape index (κ3) is 7.47. The monoisotopic (exact) mass is 476 g/mol. The smallest absolute Gasteiger partial charge is 0.287 e. The predicted octanol–water partition coefficient (Wildman–Crippen LogP) is 3.01. The molecule has 6 nitrogen and oxygen atoms in total. The van der Waals surface area contributed by atoms with Gasteiger partial charge in [-0.15, -0.1) is 35.3 Å². The maximum atomic E-state index is 11.7. The highest BCUT2D eigenvalue weighted by atomic mass is 127. The second-order valence-electron chi connectivity index (χ2n) is 5.08. The number of rotatable bonds is 8. The van der Waals surface area contributed by atoms with Gasteiger partial charge in [0.05, 0.1) is 12.8 Å². The van der Waals surface area contributed by atoms with Gasteiger partial charge in [-0.2, -0.15) is 0 Å². The van der Waals surface area contributed by atoms with Crippen LogP contribution in [0.2, 0.25) is 0 Å². The summed E-state index contributed by atoms with van der Waals surface area (Å²) in [6, 6.07) is 7.61. The summed E-state index contributed by atoms with van der Waals surface area (Å²) in [5.74, 6) is 0.852. The number of aryl methyl sites for hydroxylation is 1. The molecule has 25 heavy (non-hydrogen) atoms. The molecule has 0 aromatic carbocycles. The van der Waals surface area contributed by atoms with E-state index in [-0.39, 0.29) is 29.9 Å². The van der Waals surface area contributed by atoms with E-state index in [1.165, 1.54) is 16.0 Å². The van der Waals surface area contributed by atoms with Gasteiger partial charge in [-0.3, -0.25) is 4.79 Å². The Morgan fingerprint density at radius 2 is 1.88 bits per heavy atom. The third-order valence-electron chi connectivity index (χ3n) is 3.25. The second kappa shape index (κ2) is 11.9. The normalized spacial score (nSPS) is 10.9. The number of carbonyl (C=O) groups excluding carboxylic acids is 1. The highest BCUT2D eigenvalue weighted by Gasteiger charge is 2.07. The van der Waals surface area contributed by atoms with Crippen LogP contribution in [0.25, 0.3) is 0 Å². The van der Waals surface area contributed by atoms with E-state index in [4.69, 9.17) is 4.42 Å². The molecular formula is C17H25IN4O2S. The number of furan rings is 1. The van der Waals surface area contributed by atoms with Gasteiger partial charge in [0, 0.05) is 29.4 Å². The first-order valence-corrected chi connectivity index (χ1v) is 8.96. The van der Waals surface area contributed by atoms with Crippen LogP contribution in [-0.4, -0.2) is 31.5 Å². The minimum Gasteiger partial charge on any atom is -0.459 e. The topological polar surface area (TPSA) is 78.7 Å². The second-order valence-corrected chi connectivity index (χ2v) is 6.33. The first-order valence-electron chi connectivity index (χ1n) is 8.14. The van der Waals surface area contributed by atoms with E-state index in [2.05, 4.69) is 40.0 Å².